The Morgan fingerprint density at radius 1 is 1.37 bits per heavy atom. The molecule has 0 fully saturated rings. The van der Waals surface area contributed by atoms with Crippen LogP contribution >= 0.6 is 0 Å². The van der Waals surface area contributed by atoms with Gasteiger partial charge in [-0.1, -0.05) is 13.0 Å². The Morgan fingerprint density at radius 2 is 2.21 bits per heavy atom. The van der Waals surface area contributed by atoms with Gasteiger partial charge in [0.1, 0.15) is 17.6 Å². The average molecular weight is 256 g/mol. The summed E-state index contributed by atoms with van der Waals surface area (Å²) in [5.41, 5.74) is 1.26. The molecule has 1 unspecified atom stereocenters. The van der Waals surface area contributed by atoms with Crippen LogP contribution in [0.25, 0.3) is 0 Å². The number of methoxy groups -OCH3 is 1. The second-order valence-electron chi connectivity index (χ2n) is 4.12. The lowest BCUT2D eigenvalue weighted by molar-refractivity contribution is 0.414. The van der Waals surface area contributed by atoms with Crippen molar-refractivity contribution in [1.29, 1.82) is 5.26 Å². The zero-order valence-electron chi connectivity index (χ0n) is 11.0. The fourth-order valence-electron chi connectivity index (χ4n) is 1.98. The van der Waals surface area contributed by atoms with Crippen LogP contribution in [0.2, 0.25) is 0 Å². The Morgan fingerprint density at radius 3 is 2.79 bits per heavy atom. The number of rotatable bonds is 5. The highest BCUT2D eigenvalue weighted by atomic mass is 16.5. The maximum absolute atomic E-state index is 9.19. The number of nitrogens with one attached hydrogen (secondary N) is 1. The average Bonchev–Trinajstić information content (AvgIpc) is 2.98. The first-order valence-corrected chi connectivity index (χ1v) is 6.17. The van der Waals surface area contributed by atoms with E-state index in [4.69, 9.17) is 9.15 Å². The summed E-state index contributed by atoms with van der Waals surface area (Å²) in [4.78, 5) is 0. The molecule has 0 saturated heterocycles. The van der Waals surface area contributed by atoms with Gasteiger partial charge in [-0.25, -0.2) is 0 Å². The summed E-state index contributed by atoms with van der Waals surface area (Å²) in [5, 5.41) is 12.5. The third-order valence-electron chi connectivity index (χ3n) is 2.98. The Hall–Kier alpha value is -2.41. The quantitative estimate of drug-likeness (QED) is 0.885. The van der Waals surface area contributed by atoms with Crippen LogP contribution in [-0.4, -0.2) is 7.11 Å². The number of para-hydroxylation sites is 1. The van der Waals surface area contributed by atoms with Crippen LogP contribution < -0.4 is 10.1 Å². The van der Waals surface area contributed by atoms with E-state index >= 15 is 0 Å². The highest BCUT2D eigenvalue weighted by molar-refractivity contribution is 5.66. The van der Waals surface area contributed by atoms with Crippen molar-refractivity contribution >= 4 is 5.69 Å². The lowest BCUT2D eigenvalue weighted by Gasteiger charge is -2.19. The van der Waals surface area contributed by atoms with Crippen LogP contribution in [0, 0.1) is 11.3 Å². The topological polar surface area (TPSA) is 58.2 Å². The minimum atomic E-state index is 0.0124. The molecule has 1 aromatic carbocycles. The van der Waals surface area contributed by atoms with Crippen molar-refractivity contribution in [2.24, 2.45) is 0 Å². The number of nitrogens with zero attached hydrogens (tertiary/aromatic N) is 1. The van der Waals surface area contributed by atoms with E-state index < -0.39 is 0 Å². The van der Waals surface area contributed by atoms with Crippen LogP contribution in [0.3, 0.4) is 0 Å². The van der Waals surface area contributed by atoms with Crippen LogP contribution in [-0.2, 0) is 0 Å². The number of hydrogen-bond acceptors (Lipinski definition) is 4. The predicted molar refractivity (Wildman–Crippen MR) is 73.1 cm³/mol. The zero-order valence-corrected chi connectivity index (χ0v) is 11.0. The molecule has 98 valence electrons. The molecule has 0 radical (unpaired) electrons. The second-order valence-corrected chi connectivity index (χ2v) is 4.12. The Bertz CT molecular complexity index is 570. The third kappa shape index (κ3) is 2.71. The van der Waals surface area contributed by atoms with Crippen molar-refractivity contribution in [3.8, 4) is 11.8 Å². The lowest BCUT2D eigenvalue weighted by Crippen LogP contribution is -2.11. The minimum absolute atomic E-state index is 0.0124. The summed E-state index contributed by atoms with van der Waals surface area (Å²) in [6.45, 7) is 2.06. The molecule has 0 bridgehead atoms. The van der Waals surface area contributed by atoms with Crippen LogP contribution in [0.4, 0.5) is 5.69 Å². The van der Waals surface area contributed by atoms with Crippen molar-refractivity contribution in [3.63, 3.8) is 0 Å². The molecule has 0 aliphatic heterocycles. The maximum atomic E-state index is 9.19. The summed E-state index contributed by atoms with van der Waals surface area (Å²) in [7, 11) is 1.59. The van der Waals surface area contributed by atoms with Gasteiger partial charge in [0.05, 0.1) is 30.7 Å². The molecule has 0 aliphatic carbocycles. The monoisotopic (exact) mass is 256 g/mol. The molecule has 4 nitrogen and oxygen atoms in total. The van der Waals surface area contributed by atoms with Crippen molar-refractivity contribution in [2.75, 3.05) is 12.4 Å². The second kappa shape index (κ2) is 5.96. The Balaban J connectivity index is 2.34. The molecule has 0 aliphatic rings. The third-order valence-corrected chi connectivity index (χ3v) is 2.98. The van der Waals surface area contributed by atoms with Crippen LogP contribution in [0.15, 0.2) is 41.0 Å². The molecule has 1 atom stereocenters. The SMILES string of the molecule is CCC(Nc1c(C#N)cccc1OC)c1ccco1. The van der Waals surface area contributed by atoms with Gasteiger partial charge in [0.2, 0.25) is 0 Å². The van der Waals surface area contributed by atoms with Gasteiger partial charge in [-0.2, -0.15) is 5.26 Å². The Kier molecular flexibility index (Phi) is 4.09. The van der Waals surface area contributed by atoms with E-state index in [1.54, 1.807) is 25.5 Å². The van der Waals surface area contributed by atoms with E-state index in [1.807, 2.05) is 18.2 Å². The van der Waals surface area contributed by atoms with Gasteiger partial charge in [0.25, 0.3) is 0 Å². The van der Waals surface area contributed by atoms with Crippen molar-refractivity contribution in [3.05, 3.63) is 47.9 Å². The Labute approximate surface area is 112 Å². The molecule has 0 saturated carbocycles. The zero-order chi connectivity index (χ0) is 13.7. The molecule has 1 aromatic heterocycles. The number of benzene rings is 1. The summed E-state index contributed by atoms with van der Waals surface area (Å²) < 4.78 is 10.7. The van der Waals surface area contributed by atoms with E-state index in [0.717, 1.165) is 12.2 Å². The van der Waals surface area contributed by atoms with Crippen LogP contribution in [0.1, 0.15) is 30.7 Å². The molecular formula is C15H16N2O2. The summed E-state index contributed by atoms with van der Waals surface area (Å²) in [6.07, 6.45) is 2.49. The molecule has 1 heterocycles. The highest BCUT2D eigenvalue weighted by Crippen LogP contribution is 2.32. The van der Waals surface area contributed by atoms with Gasteiger partial charge in [0, 0.05) is 0 Å². The molecule has 2 aromatic rings. The van der Waals surface area contributed by atoms with E-state index in [2.05, 4.69) is 18.3 Å². The standard InChI is InChI=1S/C15H16N2O2/c1-3-12(13-8-5-9-19-13)17-15-11(10-16)6-4-7-14(15)18-2/h4-9,12,17H,3H2,1-2H3. The first kappa shape index (κ1) is 13.0. The van der Waals surface area contributed by atoms with E-state index in [1.165, 1.54) is 0 Å². The van der Waals surface area contributed by atoms with Crippen molar-refractivity contribution < 1.29 is 9.15 Å². The van der Waals surface area contributed by atoms with Gasteiger partial charge in [0.15, 0.2) is 0 Å². The van der Waals surface area contributed by atoms with Gasteiger partial charge in [-0.15, -0.1) is 0 Å². The molecule has 2 rings (SSSR count). The first-order valence-electron chi connectivity index (χ1n) is 6.17. The molecule has 4 heteroatoms. The van der Waals surface area contributed by atoms with Gasteiger partial charge < -0.3 is 14.5 Å². The minimum Gasteiger partial charge on any atom is -0.495 e. The number of ether oxygens (including phenoxy) is 1. The van der Waals surface area contributed by atoms with E-state index in [-0.39, 0.29) is 6.04 Å². The summed E-state index contributed by atoms with van der Waals surface area (Å²) >= 11 is 0. The van der Waals surface area contributed by atoms with Crippen LogP contribution in [0.5, 0.6) is 5.75 Å². The van der Waals surface area contributed by atoms with E-state index in [9.17, 15) is 5.26 Å². The summed E-state index contributed by atoms with van der Waals surface area (Å²) in [6, 6.07) is 11.4. The molecular weight excluding hydrogens is 240 g/mol. The van der Waals surface area contributed by atoms with Crippen molar-refractivity contribution in [1.82, 2.24) is 0 Å². The molecule has 19 heavy (non-hydrogen) atoms. The first-order chi connectivity index (χ1) is 9.30. The lowest BCUT2D eigenvalue weighted by atomic mass is 10.1. The van der Waals surface area contributed by atoms with E-state index in [0.29, 0.717) is 17.0 Å². The number of hydrogen-bond donors (Lipinski definition) is 1. The number of nitriles is 1. The number of furan rings is 1. The predicted octanol–water partition coefficient (Wildman–Crippen LogP) is 3.72. The molecule has 0 amide bonds. The van der Waals surface area contributed by atoms with Crippen molar-refractivity contribution in [2.45, 2.75) is 19.4 Å². The molecule has 0 spiro atoms. The summed E-state index contributed by atoms with van der Waals surface area (Å²) in [5.74, 6) is 1.50. The van der Waals surface area contributed by atoms with Gasteiger partial charge >= 0.3 is 0 Å². The normalized spacial score (nSPS) is 11.6. The fraction of sp³-hybridized carbons (Fsp3) is 0.267. The largest absolute Gasteiger partial charge is 0.495 e. The van der Waals surface area contributed by atoms with Gasteiger partial charge in [-0.3, -0.25) is 0 Å². The van der Waals surface area contributed by atoms with Gasteiger partial charge in [-0.05, 0) is 30.7 Å². The maximum Gasteiger partial charge on any atom is 0.143 e. The number of anilines is 1. The highest BCUT2D eigenvalue weighted by Gasteiger charge is 2.16. The smallest absolute Gasteiger partial charge is 0.143 e. The molecule has 1 N–H and O–H groups in total. The fourth-order valence-corrected chi connectivity index (χ4v) is 1.98.